The van der Waals surface area contributed by atoms with Crippen LogP contribution >= 0.6 is 0 Å². The zero-order chi connectivity index (χ0) is 15.7. The van der Waals surface area contributed by atoms with Gasteiger partial charge in [0.1, 0.15) is 17.3 Å². The molecular weight excluding hydrogens is 287 g/mol. The molecule has 0 aromatic heterocycles. The number of hydrogen-bond donors (Lipinski definition) is 0. The fraction of sp³-hybridized carbons (Fsp3) is 0.0588. The van der Waals surface area contributed by atoms with Gasteiger partial charge in [0, 0.05) is 18.6 Å². The summed E-state index contributed by atoms with van der Waals surface area (Å²) in [4.78, 5) is 23.2. The smallest absolute Gasteiger partial charge is 0.308 e. The average molecular weight is 298 g/mol. The maximum absolute atomic E-state index is 13.6. The Morgan fingerprint density at radius 2 is 2.00 bits per heavy atom. The van der Waals surface area contributed by atoms with E-state index in [1.54, 1.807) is 18.2 Å². The molecule has 0 unspecified atom stereocenters. The van der Waals surface area contributed by atoms with Crippen LogP contribution < -0.4 is 9.47 Å². The summed E-state index contributed by atoms with van der Waals surface area (Å²) >= 11 is 0. The lowest BCUT2D eigenvalue weighted by Crippen LogP contribution is -2.01. The van der Waals surface area contributed by atoms with Crippen molar-refractivity contribution in [3.05, 3.63) is 65.2 Å². The zero-order valence-corrected chi connectivity index (χ0v) is 11.6. The predicted molar refractivity (Wildman–Crippen MR) is 77.1 cm³/mol. The molecule has 0 aliphatic carbocycles. The van der Waals surface area contributed by atoms with Gasteiger partial charge in [-0.15, -0.1) is 0 Å². The topological polar surface area (TPSA) is 52.6 Å². The molecule has 0 spiro atoms. The molecule has 0 radical (unpaired) electrons. The third kappa shape index (κ3) is 2.61. The highest BCUT2D eigenvalue weighted by Gasteiger charge is 2.28. The van der Waals surface area contributed by atoms with Crippen molar-refractivity contribution in [2.45, 2.75) is 6.92 Å². The number of rotatable bonds is 2. The van der Waals surface area contributed by atoms with Crippen LogP contribution in [0.15, 0.2) is 48.2 Å². The van der Waals surface area contributed by atoms with Crippen LogP contribution in [0.2, 0.25) is 0 Å². The van der Waals surface area contributed by atoms with Gasteiger partial charge in [0.25, 0.3) is 0 Å². The fourth-order valence-corrected chi connectivity index (χ4v) is 2.13. The van der Waals surface area contributed by atoms with Gasteiger partial charge in [-0.25, -0.2) is 4.39 Å². The molecule has 1 aliphatic rings. The summed E-state index contributed by atoms with van der Waals surface area (Å²) in [6.45, 7) is 1.28. The second-order valence-corrected chi connectivity index (χ2v) is 4.71. The lowest BCUT2D eigenvalue weighted by Gasteiger charge is -2.02. The second-order valence-electron chi connectivity index (χ2n) is 4.71. The van der Waals surface area contributed by atoms with Gasteiger partial charge in [-0.05, 0) is 24.3 Å². The first-order chi connectivity index (χ1) is 10.5. The van der Waals surface area contributed by atoms with Gasteiger partial charge in [-0.2, -0.15) is 0 Å². The van der Waals surface area contributed by atoms with Crippen molar-refractivity contribution in [3.63, 3.8) is 0 Å². The summed E-state index contributed by atoms with van der Waals surface area (Å²) in [6.07, 6.45) is 1.35. The maximum Gasteiger partial charge on any atom is 0.308 e. The van der Waals surface area contributed by atoms with Gasteiger partial charge in [-0.1, -0.05) is 18.2 Å². The number of ketones is 1. The number of hydrogen-bond acceptors (Lipinski definition) is 4. The predicted octanol–water partition coefficient (Wildman–Crippen LogP) is 3.37. The van der Waals surface area contributed by atoms with Crippen LogP contribution in [0, 0.1) is 5.82 Å². The minimum absolute atomic E-state index is 0.0278. The Kier molecular flexibility index (Phi) is 3.47. The first-order valence-electron chi connectivity index (χ1n) is 6.56. The Morgan fingerprint density at radius 3 is 2.73 bits per heavy atom. The molecule has 5 heteroatoms. The zero-order valence-electron chi connectivity index (χ0n) is 11.6. The maximum atomic E-state index is 13.6. The quantitative estimate of drug-likeness (QED) is 0.484. The molecule has 2 aromatic carbocycles. The summed E-state index contributed by atoms with van der Waals surface area (Å²) in [5, 5.41) is 0. The molecule has 0 saturated carbocycles. The van der Waals surface area contributed by atoms with Gasteiger partial charge in [0.05, 0.1) is 5.56 Å². The van der Waals surface area contributed by atoms with Crippen molar-refractivity contribution in [2.24, 2.45) is 0 Å². The fourth-order valence-electron chi connectivity index (χ4n) is 2.13. The van der Waals surface area contributed by atoms with Crippen LogP contribution in [0.25, 0.3) is 6.08 Å². The van der Waals surface area contributed by atoms with E-state index in [0.717, 1.165) is 0 Å². The molecular formula is C17H11FO4. The third-order valence-electron chi connectivity index (χ3n) is 3.09. The molecule has 1 heterocycles. The molecule has 0 saturated heterocycles. The van der Waals surface area contributed by atoms with Crippen molar-refractivity contribution < 1.29 is 23.5 Å². The Morgan fingerprint density at radius 1 is 1.23 bits per heavy atom. The molecule has 110 valence electrons. The third-order valence-corrected chi connectivity index (χ3v) is 3.09. The minimum atomic E-state index is -0.466. The highest BCUT2D eigenvalue weighted by atomic mass is 19.1. The molecule has 0 bridgehead atoms. The number of benzene rings is 2. The van der Waals surface area contributed by atoms with Gasteiger partial charge in [0.15, 0.2) is 5.76 Å². The summed E-state index contributed by atoms with van der Waals surface area (Å²) in [6, 6.07) is 10.6. The Hall–Kier alpha value is -2.95. The average Bonchev–Trinajstić information content (AvgIpc) is 2.77. The number of ether oxygens (including phenoxy) is 2. The van der Waals surface area contributed by atoms with E-state index in [2.05, 4.69) is 0 Å². The monoisotopic (exact) mass is 298 g/mol. The molecule has 2 aromatic rings. The Labute approximate surface area is 125 Å². The largest absolute Gasteiger partial charge is 0.452 e. The summed E-state index contributed by atoms with van der Waals surface area (Å²) < 4.78 is 24.0. The van der Waals surface area contributed by atoms with Gasteiger partial charge in [-0.3, -0.25) is 9.59 Å². The van der Waals surface area contributed by atoms with Gasteiger partial charge < -0.3 is 9.47 Å². The van der Waals surface area contributed by atoms with E-state index in [-0.39, 0.29) is 28.6 Å². The number of halogens is 1. The van der Waals surface area contributed by atoms with E-state index >= 15 is 0 Å². The Bertz CT molecular complexity index is 808. The summed E-state index contributed by atoms with van der Waals surface area (Å²) in [7, 11) is 0. The van der Waals surface area contributed by atoms with Crippen molar-refractivity contribution in [1.29, 1.82) is 0 Å². The molecule has 1 aliphatic heterocycles. The second kappa shape index (κ2) is 5.44. The molecule has 3 rings (SSSR count). The van der Waals surface area contributed by atoms with E-state index in [1.807, 2.05) is 0 Å². The molecule has 0 atom stereocenters. The van der Waals surface area contributed by atoms with Crippen molar-refractivity contribution in [1.82, 2.24) is 0 Å². The number of Topliss-reactive ketones (excluding diaryl/α,β-unsaturated/α-hetero) is 1. The lowest BCUT2D eigenvalue weighted by molar-refractivity contribution is -0.131. The number of carbonyl (C=O) groups excluding carboxylic acids is 2. The molecule has 4 nitrogen and oxygen atoms in total. The molecule has 0 amide bonds. The van der Waals surface area contributed by atoms with E-state index in [1.165, 1.54) is 37.3 Å². The van der Waals surface area contributed by atoms with Crippen LogP contribution in [-0.4, -0.2) is 11.8 Å². The number of fused-ring (bicyclic) bond motifs is 1. The van der Waals surface area contributed by atoms with Crippen molar-refractivity contribution >= 4 is 17.8 Å². The number of esters is 1. The summed E-state index contributed by atoms with van der Waals surface area (Å²) in [5.74, 6) is -0.653. The van der Waals surface area contributed by atoms with Crippen LogP contribution in [0.5, 0.6) is 11.5 Å². The highest BCUT2D eigenvalue weighted by Crippen LogP contribution is 2.35. The molecule has 22 heavy (non-hydrogen) atoms. The Balaban J connectivity index is 1.94. The van der Waals surface area contributed by atoms with Crippen LogP contribution in [0.3, 0.4) is 0 Å². The molecule has 0 fully saturated rings. The lowest BCUT2D eigenvalue weighted by atomic mass is 10.1. The SMILES string of the molecule is CC(=O)Oc1ccc2c(c1)O/C(=C\c1ccccc1F)C2=O. The first kappa shape index (κ1) is 14.0. The van der Waals surface area contributed by atoms with E-state index in [4.69, 9.17) is 9.47 Å². The minimum Gasteiger partial charge on any atom is -0.452 e. The van der Waals surface area contributed by atoms with E-state index in [0.29, 0.717) is 5.56 Å². The van der Waals surface area contributed by atoms with Gasteiger partial charge >= 0.3 is 5.97 Å². The first-order valence-corrected chi connectivity index (χ1v) is 6.56. The van der Waals surface area contributed by atoms with E-state index in [9.17, 15) is 14.0 Å². The van der Waals surface area contributed by atoms with Crippen LogP contribution in [0.4, 0.5) is 4.39 Å². The highest BCUT2D eigenvalue weighted by molar-refractivity contribution is 6.14. The van der Waals surface area contributed by atoms with Crippen LogP contribution in [0.1, 0.15) is 22.8 Å². The normalized spacial score (nSPS) is 14.6. The van der Waals surface area contributed by atoms with Crippen molar-refractivity contribution in [3.8, 4) is 11.5 Å². The number of allylic oxidation sites excluding steroid dienone is 1. The van der Waals surface area contributed by atoms with Crippen molar-refractivity contribution in [2.75, 3.05) is 0 Å². The number of carbonyl (C=O) groups is 2. The van der Waals surface area contributed by atoms with Crippen LogP contribution in [-0.2, 0) is 4.79 Å². The summed E-state index contributed by atoms with van der Waals surface area (Å²) in [5.41, 5.74) is 0.609. The van der Waals surface area contributed by atoms with Gasteiger partial charge in [0.2, 0.25) is 5.78 Å². The standard InChI is InChI=1S/C17H11FO4/c1-10(19)21-12-6-7-13-15(9-12)22-16(17(13)20)8-11-4-2-3-5-14(11)18/h2-9H,1H3/b16-8-. The molecule has 0 N–H and O–H groups in total. The van der Waals surface area contributed by atoms with E-state index < -0.39 is 11.8 Å².